The maximum atomic E-state index is 13.3. The van der Waals surface area contributed by atoms with Crippen LogP contribution in [-0.4, -0.2) is 36.2 Å². The third kappa shape index (κ3) is 4.28. The molecule has 3 atom stereocenters. The average Bonchev–Trinajstić information content (AvgIpc) is 2.74. The van der Waals surface area contributed by atoms with Crippen molar-refractivity contribution in [3.8, 4) is 0 Å². The van der Waals surface area contributed by atoms with Crippen LogP contribution in [0.25, 0.3) is 0 Å². The van der Waals surface area contributed by atoms with Gasteiger partial charge in [-0.1, -0.05) is 55.8 Å². The van der Waals surface area contributed by atoms with Crippen LogP contribution in [0.2, 0.25) is 0 Å². The summed E-state index contributed by atoms with van der Waals surface area (Å²) in [4.78, 5) is 16.8. The number of hydrogen-bond acceptors (Lipinski definition) is 3. The second-order valence-corrected chi connectivity index (χ2v) is 8.92. The number of likely N-dealkylation sites (N-methyl/N-ethyl adjacent to an activating group) is 1. The van der Waals surface area contributed by atoms with Gasteiger partial charge in [-0.2, -0.15) is 0 Å². The van der Waals surface area contributed by atoms with Gasteiger partial charge in [0.2, 0.25) is 0 Å². The van der Waals surface area contributed by atoms with Gasteiger partial charge in [-0.3, -0.25) is 9.69 Å². The van der Waals surface area contributed by atoms with Crippen LogP contribution in [0.3, 0.4) is 0 Å². The maximum Gasteiger partial charge on any atom is 0.252 e. The fourth-order valence-electron chi connectivity index (χ4n) is 4.36. The highest BCUT2D eigenvalue weighted by atomic mass is 32.2. The average molecular weight is 397 g/mol. The number of piperidine rings is 1. The number of rotatable bonds is 6. The zero-order chi connectivity index (χ0) is 20.1. The summed E-state index contributed by atoms with van der Waals surface area (Å²) in [5, 5.41) is 3.40. The summed E-state index contributed by atoms with van der Waals surface area (Å²) in [6.45, 7) is 5.65. The number of carbonyl (C=O) groups excluding carboxylic acids is 1. The highest BCUT2D eigenvalue weighted by Gasteiger charge is 2.43. The Morgan fingerprint density at radius 2 is 1.89 bits per heavy atom. The highest BCUT2D eigenvalue weighted by molar-refractivity contribution is 7.98. The van der Waals surface area contributed by atoms with Crippen molar-refractivity contribution in [2.75, 3.05) is 19.8 Å². The van der Waals surface area contributed by atoms with Crippen LogP contribution in [0, 0.1) is 5.92 Å². The second kappa shape index (κ2) is 9.15. The first-order chi connectivity index (χ1) is 13.5. The van der Waals surface area contributed by atoms with Crippen molar-refractivity contribution in [3.05, 3.63) is 65.7 Å². The zero-order valence-electron chi connectivity index (χ0n) is 17.4. The Labute approximate surface area is 173 Å². The molecule has 0 aromatic heterocycles. The van der Waals surface area contributed by atoms with Crippen molar-refractivity contribution < 1.29 is 4.79 Å². The molecular formula is C24H32N2OS. The van der Waals surface area contributed by atoms with Crippen molar-refractivity contribution in [1.29, 1.82) is 0 Å². The molecule has 150 valence electrons. The van der Waals surface area contributed by atoms with E-state index < -0.39 is 0 Å². The Hall–Kier alpha value is -1.78. The molecule has 4 heteroatoms. The van der Waals surface area contributed by atoms with Crippen LogP contribution in [0.4, 0.5) is 0 Å². The standard InChI is InChI=1S/C24H32N2OS/c1-5-18-15-16-24(2,26(3)17-18)22(19-11-7-6-8-12-19)25-23(27)20-13-9-10-14-21(20)28-4/h6-14,18,22H,5,15-17H2,1-4H3,(H,25,27). The number of thioether (sulfide) groups is 1. The Kier molecular flexibility index (Phi) is 6.84. The summed E-state index contributed by atoms with van der Waals surface area (Å²) < 4.78 is 0. The van der Waals surface area contributed by atoms with Gasteiger partial charge < -0.3 is 5.32 Å². The fourth-order valence-corrected chi connectivity index (χ4v) is 4.95. The highest BCUT2D eigenvalue weighted by Crippen LogP contribution is 2.40. The first-order valence-corrected chi connectivity index (χ1v) is 11.4. The summed E-state index contributed by atoms with van der Waals surface area (Å²) >= 11 is 1.61. The van der Waals surface area contributed by atoms with Gasteiger partial charge in [-0.25, -0.2) is 0 Å². The van der Waals surface area contributed by atoms with Crippen LogP contribution in [0.1, 0.15) is 55.1 Å². The normalized spacial score (nSPS) is 23.9. The van der Waals surface area contributed by atoms with Gasteiger partial charge in [0, 0.05) is 17.0 Å². The van der Waals surface area contributed by atoms with E-state index in [1.54, 1.807) is 11.8 Å². The molecular weight excluding hydrogens is 364 g/mol. The molecule has 1 amide bonds. The largest absolute Gasteiger partial charge is 0.343 e. The molecule has 3 unspecified atom stereocenters. The molecule has 1 N–H and O–H groups in total. The monoisotopic (exact) mass is 396 g/mol. The number of amides is 1. The fraction of sp³-hybridized carbons (Fsp3) is 0.458. The van der Waals surface area contributed by atoms with E-state index in [1.165, 1.54) is 18.4 Å². The zero-order valence-corrected chi connectivity index (χ0v) is 18.3. The van der Waals surface area contributed by atoms with E-state index in [-0.39, 0.29) is 17.5 Å². The van der Waals surface area contributed by atoms with Crippen LogP contribution in [0.5, 0.6) is 0 Å². The SMILES string of the molecule is CCC1CCC(C)(C(NC(=O)c2ccccc2SC)c2ccccc2)N(C)C1. The maximum absolute atomic E-state index is 13.3. The van der Waals surface area contributed by atoms with Gasteiger partial charge in [-0.05, 0) is 56.7 Å². The molecule has 3 nitrogen and oxygen atoms in total. The number of likely N-dealkylation sites (tertiary alicyclic amines) is 1. The smallest absolute Gasteiger partial charge is 0.252 e. The van der Waals surface area contributed by atoms with Crippen LogP contribution >= 0.6 is 11.8 Å². The molecule has 0 aliphatic carbocycles. The molecule has 0 bridgehead atoms. The van der Waals surface area contributed by atoms with Gasteiger partial charge in [-0.15, -0.1) is 11.8 Å². The quantitative estimate of drug-likeness (QED) is 0.665. The van der Waals surface area contributed by atoms with Gasteiger partial charge in [0.25, 0.3) is 5.91 Å². The molecule has 0 radical (unpaired) electrons. The predicted molar refractivity (Wildman–Crippen MR) is 119 cm³/mol. The first-order valence-electron chi connectivity index (χ1n) is 10.2. The Bertz CT molecular complexity index is 794. The molecule has 0 saturated carbocycles. The van der Waals surface area contributed by atoms with Crippen LogP contribution in [-0.2, 0) is 0 Å². The van der Waals surface area contributed by atoms with E-state index in [2.05, 4.69) is 55.4 Å². The lowest BCUT2D eigenvalue weighted by molar-refractivity contribution is 0.0228. The predicted octanol–water partition coefficient (Wildman–Crippen LogP) is 5.39. The minimum atomic E-state index is -0.114. The third-order valence-electron chi connectivity index (χ3n) is 6.42. The number of hydrogen-bond donors (Lipinski definition) is 1. The van der Waals surface area contributed by atoms with Gasteiger partial charge in [0.15, 0.2) is 0 Å². The van der Waals surface area contributed by atoms with Crippen LogP contribution < -0.4 is 5.32 Å². The van der Waals surface area contributed by atoms with Crippen molar-refractivity contribution >= 4 is 17.7 Å². The lowest BCUT2D eigenvalue weighted by Crippen LogP contribution is -2.57. The van der Waals surface area contributed by atoms with Crippen molar-refractivity contribution in [2.24, 2.45) is 5.92 Å². The third-order valence-corrected chi connectivity index (χ3v) is 7.22. The van der Waals surface area contributed by atoms with E-state index in [0.717, 1.165) is 29.3 Å². The molecule has 1 fully saturated rings. The summed E-state index contributed by atoms with van der Waals surface area (Å²) in [5.41, 5.74) is 1.81. The Balaban J connectivity index is 1.93. The van der Waals surface area contributed by atoms with Crippen molar-refractivity contribution in [2.45, 2.75) is 49.6 Å². The number of carbonyl (C=O) groups is 1. The Morgan fingerprint density at radius 1 is 1.21 bits per heavy atom. The molecule has 1 heterocycles. The minimum absolute atomic E-state index is 0.00560. The van der Waals surface area contributed by atoms with Crippen molar-refractivity contribution in [1.82, 2.24) is 10.2 Å². The number of nitrogens with one attached hydrogen (secondary N) is 1. The van der Waals surface area contributed by atoms with E-state index in [1.807, 2.05) is 36.6 Å². The van der Waals surface area contributed by atoms with E-state index in [9.17, 15) is 4.79 Å². The van der Waals surface area contributed by atoms with Gasteiger partial charge >= 0.3 is 0 Å². The topological polar surface area (TPSA) is 32.3 Å². The van der Waals surface area contributed by atoms with Crippen molar-refractivity contribution in [3.63, 3.8) is 0 Å². The minimum Gasteiger partial charge on any atom is -0.343 e. The summed E-state index contributed by atoms with van der Waals surface area (Å²) in [6, 6.07) is 18.2. The van der Waals surface area contributed by atoms with Gasteiger partial charge in [0.1, 0.15) is 0 Å². The Morgan fingerprint density at radius 3 is 2.54 bits per heavy atom. The molecule has 1 aliphatic rings. The second-order valence-electron chi connectivity index (χ2n) is 8.07. The number of benzene rings is 2. The summed E-state index contributed by atoms with van der Waals surface area (Å²) in [7, 11) is 2.21. The van der Waals surface area contributed by atoms with E-state index in [0.29, 0.717) is 0 Å². The van der Waals surface area contributed by atoms with Gasteiger partial charge in [0.05, 0.1) is 11.6 Å². The lowest BCUT2D eigenvalue weighted by Gasteiger charge is -2.50. The molecule has 3 rings (SSSR count). The molecule has 1 aliphatic heterocycles. The molecule has 1 saturated heterocycles. The first kappa shape index (κ1) is 20.9. The summed E-state index contributed by atoms with van der Waals surface area (Å²) in [5.74, 6) is 0.744. The molecule has 2 aromatic carbocycles. The molecule has 28 heavy (non-hydrogen) atoms. The van der Waals surface area contributed by atoms with E-state index >= 15 is 0 Å². The van der Waals surface area contributed by atoms with E-state index in [4.69, 9.17) is 0 Å². The molecule has 0 spiro atoms. The lowest BCUT2D eigenvalue weighted by atomic mass is 9.75. The number of nitrogens with zero attached hydrogens (tertiary/aromatic N) is 1. The molecule has 2 aromatic rings. The summed E-state index contributed by atoms with van der Waals surface area (Å²) in [6.07, 6.45) is 5.51. The van der Waals surface area contributed by atoms with Crippen LogP contribution in [0.15, 0.2) is 59.5 Å².